The van der Waals surface area contributed by atoms with E-state index in [-0.39, 0.29) is 10.8 Å². The van der Waals surface area contributed by atoms with Crippen LogP contribution in [0, 0.1) is 0 Å². The lowest BCUT2D eigenvalue weighted by Crippen LogP contribution is -2.17. The number of hydrogen-bond donors (Lipinski definition) is 0. The highest BCUT2D eigenvalue weighted by Gasteiger charge is 2.38. The van der Waals surface area contributed by atoms with Gasteiger partial charge in [-0.3, -0.25) is 0 Å². The van der Waals surface area contributed by atoms with E-state index in [9.17, 15) is 0 Å². The lowest BCUT2D eigenvalue weighted by atomic mass is 9.80. The fraction of sp³-hybridized carbons (Fsp3) is 0.0909. The Morgan fingerprint density at radius 2 is 0.806 bits per heavy atom. The second-order valence-electron chi connectivity index (χ2n) is 19.7. The number of hydrogen-bond acceptors (Lipinski definition) is 1. The Labute approximate surface area is 393 Å². The number of nitrogens with zero attached hydrogens (tertiary/aromatic N) is 1. The van der Waals surface area contributed by atoms with Gasteiger partial charge in [0, 0.05) is 27.8 Å². The Morgan fingerprint density at radius 1 is 0.284 bits per heavy atom. The van der Waals surface area contributed by atoms with Crippen molar-refractivity contribution in [2.75, 3.05) is 4.90 Å². The Hall–Kier alpha value is -8.00. The van der Waals surface area contributed by atoms with E-state index < -0.39 is 0 Å². The van der Waals surface area contributed by atoms with E-state index in [1.807, 2.05) is 0 Å². The molecule has 318 valence electrons. The minimum Gasteiger partial charge on any atom is -0.310 e. The second-order valence-corrected chi connectivity index (χ2v) is 19.7. The molecule has 0 heterocycles. The highest BCUT2D eigenvalue weighted by atomic mass is 15.1. The summed E-state index contributed by atoms with van der Waals surface area (Å²) in [4.78, 5) is 2.53. The zero-order chi connectivity index (χ0) is 45.0. The summed E-state index contributed by atoms with van der Waals surface area (Å²) in [6.07, 6.45) is 0. The molecule has 0 spiro atoms. The molecule has 0 radical (unpaired) electrons. The van der Waals surface area contributed by atoms with Gasteiger partial charge in [-0.25, -0.2) is 0 Å². The van der Waals surface area contributed by atoms with Crippen LogP contribution in [0.1, 0.15) is 49.9 Å². The van der Waals surface area contributed by atoms with E-state index in [4.69, 9.17) is 0 Å². The van der Waals surface area contributed by atoms with Gasteiger partial charge in [0.15, 0.2) is 0 Å². The summed E-state index contributed by atoms with van der Waals surface area (Å²) in [7, 11) is 0. The van der Waals surface area contributed by atoms with Gasteiger partial charge >= 0.3 is 0 Å². The van der Waals surface area contributed by atoms with Gasteiger partial charge in [-0.1, -0.05) is 198 Å². The maximum Gasteiger partial charge on any atom is 0.0546 e. The summed E-state index contributed by atoms with van der Waals surface area (Å²) in [5, 5.41) is 7.54. The van der Waals surface area contributed by atoms with Crippen molar-refractivity contribution in [3.8, 4) is 55.6 Å². The van der Waals surface area contributed by atoms with Crippen molar-refractivity contribution >= 4 is 49.4 Å². The first-order valence-electron chi connectivity index (χ1n) is 23.7. The molecule has 0 N–H and O–H groups in total. The first-order chi connectivity index (χ1) is 32.7. The van der Waals surface area contributed by atoms with Gasteiger partial charge < -0.3 is 4.90 Å². The Bertz CT molecular complexity index is 3800. The van der Waals surface area contributed by atoms with Crippen molar-refractivity contribution < 1.29 is 0 Å². The predicted molar refractivity (Wildman–Crippen MR) is 285 cm³/mol. The van der Waals surface area contributed by atoms with Gasteiger partial charge in [-0.15, -0.1) is 0 Å². The van der Waals surface area contributed by atoms with E-state index in [0.29, 0.717) is 0 Å². The molecule has 1 nitrogen and oxygen atoms in total. The number of anilines is 3. The third kappa shape index (κ3) is 6.01. The van der Waals surface area contributed by atoms with E-state index >= 15 is 0 Å². The fourth-order valence-corrected chi connectivity index (χ4v) is 11.8. The molecule has 0 unspecified atom stereocenters. The molecule has 67 heavy (non-hydrogen) atoms. The van der Waals surface area contributed by atoms with Gasteiger partial charge in [0.05, 0.1) is 5.69 Å². The van der Waals surface area contributed by atoms with Crippen LogP contribution in [0.3, 0.4) is 0 Å². The van der Waals surface area contributed by atoms with Crippen LogP contribution in [0.4, 0.5) is 17.1 Å². The van der Waals surface area contributed by atoms with Crippen molar-refractivity contribution in [1.29, 1.82) is 0 Å². The molecule has 0 aromatic heterocycles. The minimum atomic E-state index is -0.207. The number of fused-ring (bicyclic) bond motifs is 10. The molecule has 13 rings (SSSR count). The topological polar surface area (TPSA) is 3.24 Å². The first-order valence-corrected chi connectivity index (χ1v) is 23.7. The molecule has 11 aromatic carbocycles. The Morgan fingerprint density at radius 3 is 1.61 bits per heavy atom. The lowest BCUT2D eigenvalue weighted by Gasteiger charge is -2.31. The lowest BCUT2D eigenvalue weighted by molar-refractivity contribution is 0.660. The van der Waals surface area contributed by atoms with E-state index in [0.717, 1.165) is 17.1 Å². The Kier molecular flexibility index (Phi) is 8.67. The largest absolute Gasteiger partial charge is 0.310 e. The molecule has 11 aromatic rings. The van der Waals surface area contributed by atoms with Crippen LogP contribution in [0.25, 0.3) is 88.0 Å². The maximum absolute atomic E-state index is 2.53. The molecule has 1 heteroatoms. The molecule has 0 amide bonds. The summed E-state index contributed by atoms with van der Waals surface area (Å²) < 4.78 is 0. The number of benzene rings is 11. The van der Waals surface area contributed by atoms with Crippen molar-refractivity contribution in [2.45, 2.75) is 38.5 Å². The van der Waals surface area contributed by atoms with Gasteiger partial charge in [0.2, 0.25) is 0 Å². The molecule has 0 fully saturated rings. The molecule has 0 saturated carbocycles. The maximum atomic E-state index is 2.53. The normalized spacial score (nSPS) is 13.9. The predicted octanol–water partition coefficient (Wildman–Crippen LogP) is 18.2. The summed E-state index contributed by atoms with van der Waals surface area (Å²) in [6.45, 7) is 9.56. The Balaban J connectivity index is 1.09. The molecule has 0 atom stereocenters. The SMILES string of the molecule is CC1(C)c2ccccc2-c2ccc(-c3cccc(N(c4ccc(-c5ccccc5)cc4)c4ccc5c(c4)C(C)(C)c4cc6ccccc6cc4-5)c3-c3cc4ccccc4c4ccccc34)cc21. The van der Waals surface area contributed by atoms with Crippen LogP contribution >= 0.6 is 0 Å². The van der Waals surface area contributed by atoms with Crippen molar-refractivity contribution in [3.63, 3.8) is 0 Å². The van der Waals surface area contributed by atoms with E-state index in [1.54, 1.807) is 0 Å². The zero-order valence-electron chi connectivity index (χ0n) is 38.3. The van der Waals surface area contributed by atoms with Crippen LogP contribution in [0.5, 0.6) is 0 Å². The molecule has 0 bridgehead atoms. The summed E-state index contributed by atoms with van der Waals surface area (Å²) in [5.74, 6) is 0. The third-order valence-corrected chi connectivity index (χ3v) is 15.2. The molecule has 0 saturated heterocycles. The molecule has 2 aliphatic rings. The average molecular weight is 856 g/mol. The summed E-state index contributed by atoms with van der Waals surface area (Å²) >= 11 is 0. The van der Waals surface area contributed by atoms with Gasteiger partial charge in [0.25, 0.3) is 0 Å². The minimum absolute atomic E-state index is 0.136. The molecule has 2 aliphatic carbocycles. The van der Waals surface area contributed by atoms with Crippen molar-refractivity contribution in [1.82, 2.24) is 0 Å². The fourth-order valence-electron chi connectivity index (χ4n) is 11.8. The molecule has 0 aliphatic heterocycles. The van der Waals surface area contributed by atoms with E-state index in [2.05, 4.69) is 257 Å². The van der Waals surface area contributed by atoms with Crippen LogP contribution in [-0.4, -0.2) is 0 Å². The standard InChI is InChI=1S/C66H49N/c1-65(2)59-27-15-14-25-54(59)55-35-31-47(40-60(55)65)51-26-16-28-63(64(51)58-38-46-21-10-11-22-50(46)52-23-12-13-24-53(52)58)67(48-32-29-43(30-33-48)42-17-6-5-7-18-42)49-34-36-56-57-37-44-19-8-9-20-45(44)39-61(57)66(3,4)62(56)41-49/h5-41H,1-4H3. The monoisotopic (exact) mass is 855 g/mol. The van der Waals surface area contributed by atoms with Crippen LogP contribution < -0.4 is 4.90 Å². The number of rotatable bonds is 6. The zero-order valence-corrected chi connectivity index (χ0v) is 38.3. The van der Waals surface area contributed by atoms with E-state index in [1.165, 1.54) is 110 Å². The smallest absolute Gasteiger partial charge is 0.0546 e. The second kappa shape index (κ2) is 14.8. The van der Waals surface area contributed by atoms with Gasteiger partial charge in [-0.05, 0) is 159 Å². The van der Waals surface area contributed by atoms with Gasteiger partial charge in [0.1, 0.15) is 0 Å². The first kappa shape index (κ1) is 39.4. The highest BCUT2D eigenvalue weighted by molar-refractivity contribution is 6.17. The molecular weight excluding hydrogens is 807 g/mol. The van der Waals surface area contributed by atoms with Gasteiger partial charge in [-0.2, -0.15) is 0 Å². The summed E-state index contributed by atoms with van der Waals surface area (Å²) in [6, 6.07) is 84.2. The van der Waals surface area contributed by atoms with Crippen LogP contribution in [-0.2, 0) is 10.8 Å². The van der Waals surface area contributed by atoms with Crippen LogP contribution in [0.15, 0.2) is 224 Å². The summed E-state index contributed by atoms with van der Waals surface area (Å²) in [5.41, 5.74) is 21.0. The third-order valence-electron chi connectivity index (χ3n) is 15.2. The van der Waals surface area contributed by atoms with Crippen molar-refractivity contribution in [3.05, 3.63) is 247 Å². The van der Waals surface area contributed by atoms with Crippen molar-refractivity contribution in [2.24, 2.45) is 0 Å². The molecular formula is C66H49N. The van der Waals surface area contributed by atoms with Crippen LogP contribution in [0.2, 0.25) is 0 Å². The average Bonchev–Trinajstić information content (AvgIpc) is 3.74. The highest BCUT2D eigenvalue weighted by Crippen LogP contribution is 2.55. The quantitative estimate of drug-likeness (QED) is 0.151.